The summed E-state index contributed by atoms with van der Waals surface area (Å²) in [5.41, 5.74) is 6.81. The molecule has 7 nitrogen and oxygen atoms in total. The van der Waals surface area contributed by atoms with Crippen molar-refractivity contribution < 1.29 is 14.3 Å². The minimum absolute atomic E-state index is 0.125. The van der Waals surface area contributed by atoms with Crippen LogP contribution in [0.5, 0.6) is 5.75 Å². The number of ether oxygens (including phenoxy) is 1. The third-order valence-corrected chi connectivity index (χ3v) is 3.40. The molecule has 0 saturated carbocycles. The summed E-state index contributed by atoms with van der Waals surface area (Å²) < 4.78 is 5.08. The maximum atomic E-state index is 12.1. The molecule has 24 heavy (non-hydrogen) atoms. The first-order chi connectivity index (χ1) is 11.5. The Balaban J connectivity index is 2.01. The Kier molecular flexibility index (Phi) is 5.62. The van der Waals surface area contributed by atoms with Crippen molar-refractivity contribution in [1.29, 1.82) is 5.41 Å². The molecule has 7 heteroatoms. The van der Waals surface area contributed by atoms with E-state index < -0.39 is 11.9 Å². The topological polar surface area (TPSA) is 118 Å². The molecule has 1 aromatic heterocycles. The molecule has 4 N–H and O–H groups in total. The van der Waals surface area contributed by atoms with Gasteiger partial charge in [-0.2, -0.15) is 0 Å². The van der Waals surface area contributed by atoms with E-state index in [0.29, 0.717) is 18.3 Å². The van der Waals surface area contributed by atoms with Gasteiger partial charge in [-0.3, -0.25) is 15.2 Å². The Morgan fingerprint density at radius 1 is 1.33 bits per heavy atom. The largest absolute Gasteiger partial charge is 0.497 e. The number of nitrogen functional groups attached to an aromatic ring is 1. The number of benzene rings is 1. The van der Waals surface area contributed by atoms with Crippen LogP contribution in [-0.2, 0) is 11.2 Å². The van der Waals surface area contributed by atoms with Crippen LogP contribution in [-0.4, -0.2) is 36.2 Å². The highest BCUT2D eigenvalue weighted by Crippen LogP contribution is 2.12. The average molecular weight is 326 g/mol. The standard InChI is InChI=1S/C17H18N4O3/c1-24-14-5-2-11(3-6-14)8-13(10-22)21-17(23)15-7-4-12(9-20-15)16(18)19/h2-7,9-10,13H,8H2,1H3,(H3,18,19)(H,21,23). The second-order valence-corrected chi connectivity index (χ2v) is 5.11. The number of pyridine rings is 1. The number of aldehydes is 1. The molecule has 1 heterocycles. The number of aromatic nitrogens is 1. The van der Waals surface area contributed by atoms with E-state index in [1.807, 2.05) is 12.1 Å². The van der Waals surface area contributed by atoms with Crippen molar-refractivity contribution in [2.24, 2.45) is 5.73 Å². The van der Waals surface area contributed by atoms with E-state index in [2.05, 4.69) is 10.3 Å². The first kappa shape index (κ1) is 17.1. The molecule has 2 rings (SSSR count). The lowest BCUT2D eigenvalue weighted by atomic mass is 10.1. The van der Waals surface area contributed by atoms with E-state index in [1.165, 1.54) is 18.3 Å². The summed E-state index contributed by atoms with van der Waals surface area (Å²) >= 11 is 0. The Morgan fingerprint density at radius 3 is 2.54 bits per heavy atom. The number of nitrogens with one attached hydrogen (secondary N) is 2. The van der Waals surface area contributed by atoms with Gasteiger partial charge >= 0.3 is 0 Å². The van der Waals surface area contributed by atoms with Crippen LogP contribution >= 0.6 is 0 Å². The van der Waals surface area contributed by atoms with Gasteiger partial charge in [0.2, 0.25) is 0 Å². The maximum absolute atomic E-state index is 12.1. The minimum Gasteiger partial charge on any atom is -0.497 e. The number of nitrogens with zero attached hydrogens (tertiary/aromatic N) is 1. The van der Waals surface area contributed by atoms with Crippen LogP contribution in [0.3, 0.4) is 0 Å². The molecule has 0 spiro atoms. The molecule has 0 aliphatic rings. The summed E-state index contributed by atoms with van der Waals surface area (Å²) in [4.78, 5) is 27.3. The van der Waals surface area contributed by atoms with Crippen LogP contribution in [0.4, 0.5) is 0 Å². The van der Waals surface area contributed by atoms with Gasteiger partial charge in [0, 0.05) is 11.8 Å². The fraction of sp³-hybridized carbons (Fsp3) is 0.176. The van der Waals surface area contributed by atoms with Crippen molar-refractivity contribution in [3.63, 3.8) is 0 Å². The first-order valence-electron chi connectivity index (χ1n) is 7.23. The molecule has 0 radical (unpaired) electrons. The average Bonchev–Trinajstić information content (AvgIpc) is 2.61. The number of carbonyl (C=O) groups excluding carboxylic acids is 2. The number of carbonyl (C=O) groups is 2. The number of amides is 1. The van der Waals surface area contributed by atoms with Crippen molar-refractivity contribution in [2.45, 2.75) is 12.5 Å². The van der Waals surface area contributed by atoms with E-state index in [1.54, 1.807) is 19.2 Å². The van der Waals surface area contributed by atoms with Gasteiger partial charge in [0.1, 0.15) is 23.6 Å². The van der Waals surface area contributed by atoms with E-state index in [0.717, 1.165) is 11.3 Å². The SMILES string of the molecule is COc1ccc(CC(C=O)NC(=O)c2ccc(C(=N)N)cn2)cc1. The van der Waals surface area contributed by atoms with Gasteiger partial charge in [-0.1, -0.05) is 12.1 Å². The summed E-state index contributed by atoms with van der Waals surface area (Å²) in [7, 11) is 1.58. The monoisotopic (exact) mass is 326 g/mol. The van der Waals surface area contributed by atoms with Gasteiger partial charge in [0.05, 0.1) is 13.2 Å². The smallest absolute Gasteiger partial charge is 0.270 e. The van der Waals surface area contributed by atoms with Crippen LogP contribution in [0.1, 0.15) is 21.6 Å². The Bertz CT molecular complexity index is 727. The fourth-order valence-corrected chi connectivity index (χ4v) is 2.08. The predicted octanol–water partition coefficient (Wildman–Crippen LogP) is 0.914. The summed E-state index contributed by atoms with van der Waals surface area (Å²) in [5.74, 6) is 0.135. The number of hydrogen-bond acceptors (Lipinski definition) is 5. The van der Waals surface area contributed by atoms with E-state index in [-0.39, 0.29) is 11.5 Å². The number of hydrogen-bond donors (Lipinski definition) is 3. The molecule has 0 fully saturated rings. The molecule has 2 aromatic rings. The molecule has 1 unspecified atom stereocenters. The summed E-state index contributed by atoms with van der Waals surface area (Å²) in [6.07, 6.45) is 2.40. The molecule has 124 valence electrons. The number of methoxy groups -OCH3 is 1. The second kappa shape index (κ2) is 7.87. The number of amidine groups is 1. The molecule has 1 atom stereocenters. The third-order valence-electron chi connectivity index (χ3n) is 3.40. The minimum atomic E-state index is -0.667. The van der Waals surface area contributed by atoms with E-state index in [4.69, 9.17) is 15.9 Å². The highest BCUT2D eigenvalue weighted by atomic mass is 16.5. The molecule has 0 aliphatic carbocycles. The Labute approximate surface area is 139 Å². The highest BCUT2D eigenvalue weighted by Gasteiger charge is 2.15. The fourth-order valence-electron chi connectivity index (χ4n) is 2.08. The molecule has 1 aromatic carbocycles. The highest BCUT2D eigenvalue weighted by molar-refractivity contribution is 5.97. The second-order valence-electron chi connectivity index (χ2n) is 5.11. The van der Waals surface area contributed by atoms with Gasteiger partial charge in [-0.05, 0) is 36.2 Å². The van der Waals surface area contributed by atoms with Gasteiger partial charge in [-0.15, -0.1) is 0 Å². The summed E-state index contributed by atoms with van der Waals surface area (Å²) in [6, 6.07) is 9.58. The van der Waals surface area contributed by atoms with Crippen LogP contribution in [0.25, 0.3) is 0 Å². The zero-order chi connectivity index (χ0) is 17.5. The third kappa shape index (κ3) is 4.39. The Hall–Kier alpha value is -3.22. The normalized spacial score (nSPS) is 11.4. The first-order valence-corrected chi connectivity index (χ1v) is 7.23. The zero-order valence-electron chi connectivity index (χ0n) is 13.2. The lowest BCUT2D eigenvalue weighted by Crippen LogP contribution is -2.38. The number of nitrogens with two attached hydrogens (primary N) is 1. The maximum Gasteiger partial charge on any atom is 0.270 e. The lowest BCUT2D eigenvalue weighted by Gasteiger charge is -2.13. The van der Waals surface area contributed by atoms with Crippen LogP contribution < -0.4 is 15.8 Å². The predicted molar refractivity (Wildman–Crippen MR) is 89.3 cm³/mol. The van der Waals surface area contributed by atoms with E-state index >= 15 is 0 Å². The van der Waals surface area contributed by atoms with Crippen LogP contribution in [0.2, 0.25) is 0 Å². The van der Waals surface area contributed by atoms with Crippen molar-refractivity contribution in [3.8, 4) is 5.75 Å². The van der Waals surface area contributed by atoms with Gasteiger partial charge in [0.15, 0.2) is 0 Å². The summed E-state index contributed by atoms with van der Waals surface area (Å²) in [6.45, 7) is 0. The quantitative estimate of drug-likeness (QED) is 0.397. The summed E-state index contributed by atoms with van der Waals surface area (Å²) in [5, 5.41) is 9.92. The van der Waals surface area contributed by atoms with Crippen LogP contribution in [0.15, 0.2) is 42.6 Å². The van der Waals surface area contributed by atoms with Crippen molar-refractivity contribution in [2.75, 3.05) is 7.11 Å². The van der Waals surface area contributed by atoms with Gasteiger partial charge in [0.25, 0.3) is 5.91 Å². The van der Waals surface area contributed by atoms with Gasteiger partial charge in [-0.25, -0.2) is 0 Å². The molecule has 0 saturated heterocycles. The molecule has 1 amide bonds. The van der Waals surface area contributed by atoms with Crippen molar-refractivity contribution in [3.05, 3.63) is 59.4 Å². The number of rotatable bonds is 7. The molecular weight excluding hydrogens is 308 g/mol. The Morgan fingerprint density at radius 2 is 2.04 bits per heavy atom. The van der Waals surface area contributed by atoms with Crippen molar-refractivity contribution in [1.82, 2.24) is 10.3 Å². The molecule has 0 aliphatic heterocycles. The van der Waals surface area contributed by atoms with Crippen LogP contribution in [0, 0.1) is 5.41 Å². The van der Waals surface area contributed by atoms with Gasteiger partial charge < -0.3 is 20.6 Å². The van der Waals surface area contributed by atoms with E-state index in [9.17, 15) is 9.59 Å². The molecule has 0 bridgehead atoms. The lowest BCUT2D eigenvalue weighted by molar-refractivity contribution is -0.109. The van der Waals surface area contributed by atoms with Crippen molar-refractivity contribution >= 4 is 18.0 Å². The molecular formula is C17H18N4O3. The zero-order valence-corrected chi connectivity index (χ0v) is 13.2.